The molecule has 0 saturated heterocycles. The minimum absolute atomic E-state index is 0.0673. The molecule has 22 heavy (non-hydrogen) atoms. The van der Waals surface area contributed by atoms with Crippen LogP contribution in [0.25, 0.3) is 0 Å². The second-order valence-electron chi connectivity index (χ2n) is 5.25. The van der Waals surface area contributed by atoms with Crippen molar-refractivity contribution >= 4 is 5.97 Å². The van der Waals surface area contributed by atoms with Crippen LogP contribution < -0.4 is 9.47 Å². The van der Waals surface area contributed by atoms with E-state index < -0.39 is 5.97 Å². The molecule has 1 saturated carbocycles. The highest BCUT2D eigenvalue weighted by Crippen LogP contribution is 2.28. The number of nitrogens with one attached hydrogen (secondary N) is 1. The summed E-state index contributed by atoms with van der Waals surface area (Å²) < 4.78 is 11.4. The van der Waals surface area contributed by atoms with Gasteiger partial charge in [-0.15, -0.1) is 0 Å². The van der Waals surface area contributed by atoms with Crippen LogP contribution in [0.2, 0.25) is 0 Å². The van der Waals surface area contributed by atoms with Gasteiger partial charge in [0.05, 0.1) is 6.10 Å². The zero-order valence-corrected chi connectivity index (χ0v) is 12.0. The topological polar surface area (TPSA) is 97.3 Å². The minimum atomic E-state index is -1.17. The van der Waals surface area contributed by atoms with E-state index in [-0.39, 0.29) is 17.7 Å². The molecule has 0 atom stereocenters. The lowest BCUT2D eigenvalue weighted by Crippen LogP contribution is -2.19. The number of carbonyl (C=O) groups is 1. The number of aromatic carboxylic acids is 1. The van der Waals surface area contributed by atoms with E-state index in [0.717, 1.165) is 12.8 Å². The zero-order valence-electron chi connectivity index (χ0n) is 12.0. The standard InChI is InChI=1S/C15H17N3O4/c19-15(20)13-14(17-18-16-13)22-12-8-4-7-11(9-12)21-10-5-2-1-3-6-10/h4,7-10H,1-3,5-6H2,(H,19,20)(H,16,17,18). The van der Waals surface area contributed by atoms with Gasteiger partial charge in [0.25, 0.3) is 5.88 Å². The van der Waals surface area contributed by atoms with Gasteiger partial charge in [-0.2, -0.15) is 0 Å². The van der Waals surface area contributed by atoms with Crippen molar-refractivity contribution in [1.29, 1.82) is 0 Å². The predicted octanol–water partition coefficient (Wildman–Crippen LogP) is 3.01. The molecule has 1 aliphatic carbocycles. The van der Waals surface area contributed by atoms with E-state index in [4.69, 9.17) is 14.6 Å². The number of aromatic nitrogens is 3. The molecule has 1 heterocycles. The monoisotopic (exact) mass is 303 g/mol. The number of carboxylic acid groups (broad SMARTS) is 1. The molecule has 0 spiro atoms. The molecule has 116 valence electrons. The van der Waals surface area contributed by atoms with Gasteiger partial charge >= 0.3 is 5.97 Å². The van der Waals surface area contributed by atoms with Crippen LogP contribution in [-0.2, 0) is 0 Å². The van der Waals surface area contributed by atoms with Gasteiger partial charge in [-0.25, -0.2) is 9.89 Å². The Morgan fingerprint density at radius 1 is 1.23 bits per heavy atom. The highest BCUT2D eigenvalue weighted by atomic mass is 16.5. The Morgan fingerprint density at radius 2 is 2.00 bits per heavy atom. The maximum atomic E-state index is 11.0. The van der Waals surface area contributed by atoms with Gasteiger partial charge in [0.2, 0.25) is 5.69 Å². The molecule has 2 aromatic rings. The Balaban J connectivity index is 1.70. The van der Waals surface area contributed by atoms with Crippen molar-refractivity contribution in [3.05, 3.63) is 30.0 Å². The third-order valence-corrected chi connectivity index (χ3v) is 3.61. The largest absolute Gasteiger partial charge is 0.490 e. The molecule has 0 bridgehead atoms. The molecule has 1 aromatic heterocycles. The van der Waals surface area contributed by atoms with Crippen molar-refractivity contribution in [2.75, 3.05) is 0 Å². The highest BCUT2D eigenvalue weighted by molar-refractivity contribution is 5.87. The number of benzene rings is 1. The molecule has 1 aliphatic rings. The Bertz CT molecular complexity index is 650. The molecule has 0 unspecified atom stereocenters. The summed E-state index contributed by atoms with van der Waals surface area (Å²) in [5.41, 5.74) is -0.182. The van der Waals surface area contributed by atoms with Crippen LogP contribution in [0.1, 0.15) is 42.6 Å². The van der Waals surface area contributed by atoms with Crippen LogP contribution in [0, 0.1) is 0 Å². The average Bonchev–Trinajstić information content (AvgIpc) is 2.97. The molecule has 7 heteroatoms. The van der Waals surface area contributed by atoms with Crippen molar-refractivity contribution in [1.82, 2.24) is 15.4 Å². The van der Waals surface area contributed by atoms with E-state index in [1.807, 2.05) is 6.07 Å². The fraction of sp³-hybridized carbons (Fsp3) is 0.400. The molecule has 1 fully saturated rings. The fourth-order valence-electron chi connectivity index (χ4n) is 2.53. The third-order valence-electron chi connectivity index (χ3n) is 3.61. The van der Waals surface area contributed by atoms with E-state index in [9.17, 15) is 4.79 Å². The third kappa shape index (κ3) is 3.36. The number of hydrogen-bond donors (Lipinski definition) is 2. The summed E-state index contributed by atoms with van der Waals surface area (Å²) in [5.74, 6) is -0.0635. The van der Waals surface area contributed by atoms with E-state index in [1.165, 1.54) is 19.3 Å². The van der Waals surface area contributed by atoms with Crippen molar-refractivity contribution in [2.24, 2.45) is 0 Å². The van der Waals surface area contributed by atoms with Crippen molar-refractivity contribution in [2.45, 2.75) is 38.2 Å². The lowest BCUT2D eigenvalue weighted by molar-refractivity contribution is 0.0687. The zero-order chi connectivity index (χ0) is 15.4. The molecule has 0 radical (unpaired) electrons. The van der Waals surface area contributed by atoms with Crippen LogP contribution >= 0.6 is 0 Å². The highest BCUT2D eigenvalue weighted by Gasteiger charge is 2.18. The molecular formula is C15H17N3O4. The molecule has 0 aliphatic heterocycles. The Hall–Kier alpha value is -2.57. The quantitative estimate of drug-likeness (QED) is 0.881. The van der Waals surface area contributed by atoms with Gasteiger partial charge in [0.15, 0.2) is 0 Å². The number of nitrogens with zero attached hydrogens (tertiary/aromatic N) is 2. The second kappa shape index (κ2) is 6.46. The van der Waals surface area contributed by atoms with E-state index in [1.54, 1.807) is 18.2 Å². The maximum absolute atomic E-state index is 11.0. The Labute approximate surface area is 127 Å². The molecule has 3 rings (SSSR count). The summed E-state index contributed by atoms with van der Waals surface area (Å²) in [4.78, 5) is 11.0. The van der Waals surface area contributed by atoms with Gasteiger partial charge in [0, 0.05) is 6.07 Å². The first kappa shape index (κ1) is 14.4. The van der Waals surface area contributed by atoms with Crippen molar-refractivity contribution < 1.29 is 19.4 Å². The van der Waals surface area contributed by atoms with Crippen LogP contribution in [0.15, 0.2) is 24.3 Å². The Kier molecular flexibility index (Phi) is 4.22. The van der Waals surface area contributed by atoms with Crippen LogP contribution in [0.3, 0.4) is 0 Å². The number of ether oxygens (including phenoxy) is 2. The van der Waals surface area contributed by atoms with E-state index >= 15 is 0 Å². The average molecular weight is 303 g/mol. The maximum Gasteiger partial charge on any atom is 0.359 e. The summed E-state index contributed by atoms with van der Waals surface area (Å²) in [7, 11) is 0. The molecule has 7 nitrogen and oxygen atoms in total. The second-order valence-corrected chi connectivity index (χ2v) is 5.25. The minimum Gasteiger partial charge on any atom is -0.490 e. The number of H-pyrrole nitrogens is 1. The lowest BCUT2D eigenvalue weighted by atomic mass is 9.98. The molecule has 0 amide bonds. The van der Waals surface area contributed by atoms with E-state index in [0.29, 0.717) is 11.5 Å². The lowest BCUT2D eigenvalue weighted by Gasteiger charge is -2.23. The van der Waals surface area contributed by atoms with Crippen molar-refractivity contribution in [3.8, 4) is 17.4 Å². The summed E-state index contributed by atoms with van der Waals surface area (Å²) >= 11 is 0. The molecular weight excluding hydrogens is 286 g/mol. The van der Waals surface area contributed by atoms with Gasteiger partial charge in [-0.3, -0.25) is 0 Å². The van der Waals surface area contributed by atoms with Crippen LogP contribution in [0.4, 0.5) is 0 Å². The van der Waals surface area contributed by atoms with Gasteiger partial charge in [-0.05, 0) is 37.8 Å². The van der Waals surface area contributed by atoms with Gasteiger partial charge in [0.1, 0.15) is 11.5 Å². The fourth-order valence-corrected chi connectivity index (χ4v) is 2.53. The SMILES string of the molecule is O=C(O)c1[nH]nnc1Oc1cccc(OC2CCCCC2)c1. The first-order valence-electron chi connectivity index (χ1n) is 7.31. The van der Waals surface area contributed by atoms with Crippen molar-refractivity contribution in [3.63, 3.8) is 0 Å². The first-order valence-corrected chi connectivity index (χ1v) is 7.31. The number of rotatable bonds is 5. The van der Waals surface area contributed by atoms with E-state index in [2.05, 4.69) is 15.4 Å². The van der Waals surface area contributed by atoms with Gasteiger partial charge in [-0.1, -0.05) is 22.8 Å². The van der Waals surface area contributed by atoms with Crippen LogP contribution in [0.5, 0.6) is 17.4 Å². The number of hydrogen-bond acceptors (Lipinski definition) is 5. The van der Waals surface area contributed by atoms with Crippen LogP contribution in [-0.4, -0.2) is 32.6 Å². The van der Waals surface area contributed by atoms with Gasteiger partial charge < -0.3 is 14.6 Å². The first-order chi connectivity index (χ1) is 10.7. The molecule has 1 aromatic carbocycles. The summed E-state index contributed by atoms with van der Waals surface area (Å²) in [6.07, 6.45) is 6.04. The predicted molar refractivity (Wildman–Crippen MR) is 77.4 cm³/mol. The number of aromatic amines is 1. The molecule has 2 N–H and O–H groups in total. The summed E-state index contributed by atoms with van der Waals surface area (Å²) in [6.45, 7) is 0. The Morgan fingerprint density at radius 3 is 2.77 bits per heavy atom. The normalized spacial score (nSPS) is 15.5. The summed E-state index contributed by atoms with van der Waals surface area (Å²) in [5, 5.41) is 18.3. The number of carboxylic acids is 1. The summed E-state index contributed by atoms with van der Waals surface area (Å²) in [6, 6.07) is 7.11. The smallest absolute Gasteiger partial charge is 0.359 e.